The number of hydrogen-bond acceptors (Lipinski definition) is 5. The Morgan fingerprint density at radius 1 is 1.14 bits per heavy atom. The molecule has 8 heteroatoms. The first-order valence-corrected chi connectivity index (χ1v) is 11.3. The molecular formula is C20H23BrClN3OS2. The van der Waals surface area contributed by atoms with Gasteiger partial charge in [-0.1, -0.05) is 45.5 Å². The molecule has 2 aromatic carbocycles. The monoisotopic (exact) mass is 499 g/mol. The van der Waals surface area contributed by atoms with Crippen LogP contribution < -0.4 is 4.90 Å². The van der Waals surface area contributed by atoms with Crippen molar-refractivity contribution < 1.29 is 4.79 Å². The average Bonchev–Trinajstić information content (AvgIpc) is 3.06. The lowest BCUT2D eigenvalue weighted by molar-refractivity contribution is -0.116. The van der Waals surface area contributed by atoms with Gasteiger partial charge in [0.15, 0.2) is 5.13 Å². The van der Waals surface area contributed by atoms with Crippen molar-refractivity contribution in [3.05, 3.63) is 53.0 Å². The van der Waals surface area contributed by atoms with Gasteiger partial charge in [-0.3, -0.25) is 9.69 Å². The summed E-state index contributed by atoms with van der Waals surface area (Å²) in [5.74, 6) is 0.506. The van der Waals surface area contributed by atoms with E-state index in [4.69, 9.17) is 4.98 Å². The zero-order valence-electron chi connectivity index (χ0n) is 15.8. The second-order valence-corrected chi connectivity index (χ2v) is 9.39. The Labute approximate surface area is 188 Å². The predicted molar refractivity (Wildman–Crippen MR) is 127 cm³/mol. The van der Waals surface area contributed by atoms with Gasteiger partial charge < -0.3 is 4.90 Å². The van der Waals surface area contributed by atoms with Gasteiger partial charge >= 0.3 is 0 Å². The molecule has 0 unspecified atom stereocenters. The normalized spacial score (nSPS) is 10.9. The van der Waals surface area contributed by atoms with Crippen LogP contribution in [-0.4, -0.2) is 48.7 Å². The van der Waals surface area contributed by atoms with Gasteiger partial charge in [-0.25, -0.2) is 4.98 Å². The minimum atomic E-state index is 0. The van der Waals surface area contributed by atoms with Crippen molar-refractivity contribution in [2.75, 3.05) is 37.8 Å². The van der Waals surface area contributed by atoms with E-state index in [0.29, 0.717) is 12.3 Å². The first-order valence-electron chi connectivity index (χ1n) is 8.72. The number of thioether (sulfide) groups is 1. The lowest BCUT2D eigenvalue weighted by atomic mass is 10.3. The lowest BCUT2D eigenvalue weighted by Gasteiger charge is -2.21. The predicted octanol–water partition coefficient (Wildman–Crippen LogP) is 5.56. The quantitative estimate of drug-likeness (QED) is 0.380. The van der Waals surface area contributed by atoms with Crippen molar-refractivity contribution >= 4 is 72.7 Å². The van der Waals surface area contributed by atoms with Crippen LogP contribution in [0.2, 0.25) is 0 Å². The molecule has 0 spiro atoms. The van der Waals surface area contributed by atoms with Gasteiger partial charge in [0.1, 0.15) is 0 Å². The van der Waals surface area contributed by atoms with Gasteiger partial charge in [0.2, 0.25) is 5.91 Å². The highest BCUT2D eigenvalue weighted by atomic mass is 79.9. The van der Waals surface area contributed by atoms with Crippen LogP contribution in [0.3, 0.4) is 0 Å². The number of hydrogen-bond donors (Lipinski definition) is 0. The van der Waals surface area contributed by atoms with Crippen LogP contribution in [0.15, 0.2) is 57.9 Å². The Hall–Kier alpha value is -1.12. The maximum absolute atomic E-state index is 13.0. The van der Waals surface area contributed by atoms with Crippen molar-refractivity contribution in [2.24, 2.45) is 0 Å². The van der Waals surface area contributed by atoms with Crippen LogP contribution in [-0.2, 0) is 4.79 Å². The van der Waals surface area contributed by atoms with Crippen LogP contribution in [0.1, 0.15) is 6.42 Å². The van der Waals surface area contributed by atoms with E-state index in [2.05, 4.69) is 26.9 Å². The van der Waals surface area contributed by atoms with Crippen molar-refractivity contribution in [3.8, 4) is 0 Å². The molecule has 4 nitrogen and oxygen atoms in total. The Kier molecular flexibility index (Phi) is 9.24. The smallest absolute Gasteiger partial charge is 0.239 e. The molecule has 1 amide bonds. The zero-order chi connectivity index (χ0) is 19.2. The molecule has 0 aliphatic heterocycles. The van der Waals surface area contributed by atoms with E-state index < -0.39 is 0 Å². The maximum atomic E-state index is 13.0. The van der Waals surface area contributed by atoms with Gasteiger partial charge in [0, 0.05) is 15.9 Å². The highest BCUT2D eigenvalue weighted by molar-refractivity contribution is 9.10. The second-order valence-electron chi connectivity index (χ2n) is 6.41. The van der Waals surface area contributed by atoms with E-state index in [1.807, 2.05) is 61.5 Å². The number of amides is 1. The van der Waals surface area contributed by atoms with E-state index >= 15 is 0 Å². The van der Waals surface area contributed by atoms with E-state index in [1.54, 1.807) is 23.1 Å². The van der Waals surface area contributed by atoms with Crippen LogP contribution >= 0.6 is 51.4 Å². The molecule has 3 aromatic rings. The molecule has 28 heavy (non-hydrogen) atoms. The molecule has 0 N–H and O–H groups in total. The minimum Gasteiger partial charge on any atom is -0.309 e. The van der Waals surface area contributed by atoms with Crippen LogP contribution in [0.5, 0.6) is 0 Å². The Bertz CT molecular complexity index is 905. The van der Waals surface area contributed by atoms with Crippen molar-refractivity contribution in [3.63, 3.8) is 0 Å². The first-order chi connectivity index (χ1) is 13.0. The standard InChI is InChI=1S/C20H22BrN3OS2.ClH/c1-23(2)11-6-12-24(19(25)14-26-16-7-4-3-5-8-16)20-22-17-10-9-15(21)13-18(17)27-20;/h3-5,7-10,13H,6,11-12,14H2,1-2H3;1H. The number of halogens is 2. The molecule has 0 fully saturated rings. The fourth-order valence-electron chi connectivity index (χ4n) is 2.61. The number of carbonyl (C=O) groups is 1. The summed E-state index contributed by atoms with van der Waals surface area (Å²) in [5.41, 5.74) is 0.930. The summed E-state index contributed by atoms with van der Waals surface area (Å²) in [6, 6.07) is 16.1. The van der Waals surface area contributed by atoms with Gasteiger partial charge in [-0.05, 0) is 57.4 Å². The Balaban J connectivity index is 0.00000280. The summed E-state index contributed by atoms with van der Waals surface area (Å²) in [7, 11) is 4.10. The topological polar surface area (TPSA) is 36.4 Å². The molecule has 150 valence electrons. The molecule has 0 atom stereocenters. The molecule has 0 saturated heterocycles. The SMILES string of the molecule is CN(C)CCCN(C(=O)CSc1ccccc1)c1nc2ccc(Br)cc2s1.Cl. The van der Waals surface area contributed by atoms with Crippen LogP contribution in [0.25, 0.3) is 10.2 Å². The first kappa shape index (κ1) is 23.2. The number of anilines is 1. The number of thiazole rings is 1. The summed E-state index contributed by atoms with van der Waals surface area (Å²) < 4.78 is 2.11. The summed E-state index contributed by atoms with van der Waals surface area (Å²) >= 11 is 6.64. The van der Waals surface area contributed by atoms with Gasteiger partial charge in [0.25, 0.3) is 0 Å². The number of rotatable bonds is 8. The summed E-state index contributed by atoms with van der Waals surface area (Å²) in [4.78, 5) is 22.8. The third kappa shape index (κ3) is 6.46. The van der Waals surface area contributed by atoms with Gasteiger partial charge in [0.05, 0.1) is 16.0 Å². The molecule has 1 aromatic heterocycles. The van der Waals surface area contributed by atoms with Gasteiger partial charge in [-0.2, -0.15) is 0 Å². The van der Waals surface area contributed by atoms with E-state index in [9.17, 15) is 4.79 Å². The average molecular weight is 501 g/mol. The summed E-state index contributed by atoms with van der Waals surface area (Å²) in [6.45, 7) is 1.61. The van der Waals surface area contributed by atoms with Crippen LogP contribution in [0.4, 0.5) is 5.13 Å². The van der Waals surface area contributed by atoms with E-state index in [0.717, 1.165) is 37.7 Å². The summed E-state index contributed by atoms with van der Waals surface area (Å²) in [5, 5.41) is 0.778. The Morgan fingerprint density at radius 2 is 1.89 bits per heavy atom. The number of aromatic nitrogens is 1. The third-order valence-corrected chi connectivity index (χ3v) is 6.49. The highest BCUT2D eigenvalue weighted by Crippen LogP contribution is 2.31. The number of fused-ring (bicyclic) bond motifs is 1. The number of nitrogens with zero attached hydrogens (tertiary/aromatic N) is 3. The fourth-order valence-corrected chi connectivity index (χ4v) is 4.97. The molecular weight excluding hydrogens is 478 g/mol. The summed E-state index contributed by atoms with van der Waals surface area (Å²) in [6.07, 6.45) is 0.911. The third-order valence-electron chi connectivity index (χ3n) is 3.96. The van der Waals surface area contributed by atoms with Gasteiger partial charge in [-0.15, -0.1) is 24.2 Å². The highest BCUT2D eigenvalue weighted by Gasteiger charge is 2.20. The number of benzene rings is 2. The minimum absolute atomic E-state index is 0. The van der Waals surface area contributed by atoms with Crippen molar-refractivity contribution in [1.82, 2.24) is 9.88 Å². The molecule has 0 saturated carbocycles. The number of carbonyl (C=O) groups excluding carboxylic acids is 1. The molecule has 0 aliphatic carbocycles. The largest absolute Gasteiger partial charge is 0.309 e. The molecule has 0 radical (unpaired) electrons. The van der Waals surface area contributed by atoms with E-state index in [1.165, 1.54) is 0 Å². The van der Waals surface area contributed by atoms with Crippen LogP contribution in [0, 0.1) is 0 Å². The van der Waals surface area contributed by atoms with E-state index in [-0.39, 0.29) is 18.3 Å². The Morgan fingerprint density at radius 3 is 2.61 bits per heavy atom. The molecule has 1 heterocycles. The zero-order valence-corrected chi connectivity index (χ0v) is 19.8. The maximum Gasteiger partial charge on any atom is 0.239 e. The lowest BCUT2D eigenvalue weighted by Crippen LogP contribution is -2.34. The van der Waals surface area contributed by atoms with Crippen molar-refractivity contribution in [2.45, 2.75) is 11.3 Å². The van der Waals surface area contributed by atoms with Crippen molar-refractivity contribution in [1.29, 1.82) is 0 Å². The molecule has 0 aliphatic rings. The second kappa shape index (κ2) is 11.2. The molecule has 0 bridgehead atoms. The molecule has 3 rings (SSSR count). The fraction of sp³-hybridized carbons (Fsp3) is 0.300.